The van der Waals surface area contributed by atoms with Crippen LogP contribution in [0.5, 0.6) is 0 Å². The molecule has 0 atom stereocenters. The minimum atomic E-state index is 1.12. The van der Waals surface area contributed by atoms with Gasteiger partial charge >= 0.3 is 0 Å². The molecular formula is C44H28N2S. The molecule has 0 radical (unpaired) electrons. The monoisotopic (exact) mass is 616 g/mol. The molecule has 47 heavy (non-hydrogen) atoms. The Morgan fingerprint density at radius 3 is 1.77 bits per heavy atom. The number of fused-ring (bicyclic) bond motifs is 8. The molecule has 0 saturated carbocycles. The molecule has 0 saturated heterocycles. The van der Waals surface area contributed by atoms with E-state index in [2.05, 4.69) is 174 Å². The van der Waals surface area contributed by atoms with E-state index in [4.69, 9.17) is 0 Å². The number of benzene rings is 8. The molecule has 10 rings (SSSR count). The summed E-state index contributed by atoms with van der Waals surface area (Å²) in [7, 11) is 0. The summed E-state index contributed by atoms with van der Waals surface area (Å²) < 4.78 is 2.62. The molecule has 10 aromatic rings. The van der Waals surface area contributed by atoms with Crippen LogP contribution >= 0.6 is 11.3 Å². The van der Waals surface area contributed by atoms with Crippen molar-refractivity contribution in [1.29, 1.82) is 0 Å². The van der Waals surface area contributed by atoms with Crippen molar-refractivity contribution in [3.05, 3.63) is 164 Å². The molecule has 0 aliphatic carbocycles. The van der Waals surface area contributed by atoms with Crippen LogP contribution in [0.3, 0.4) is 0 Å². The molecule has 0 amide bonds. The van der Waals surface area contributed by atoms with Crippen molar-refractivity contribution in [2.45, 2.75) is 0 Å². The number of thiophene rings is 1. The second-order valence-electron chi connectivity index (χ2n) is 12.3. The molecule has 2 aromatic heterocycles. The van der Waals surface area contributed by atoms with Gasteiger partial charge in [0.2, 0.25) is 0 Å². The molecule has 0 unspecified atom stereocenters. The van der Waals surface area contributed by atoms with Gasteiger partial charge in [0.05, 0.1) is 5.52 Å². The van der Waals surface area contributed by atoms with E-state index in [0.29, 0.717) is 0 Å². The fourth-order valence-corrected chi connectivity index (χ4v) is 8.49. The Bertz CT molecular complexity index is 2740. The molecule has 0 spiro atoms. The van der Waals surface area contributed by atoms with Crippen molar-refractivity contribution >= 4 is 91.9 Å². The van der Waals surface area contributed by atoms with Gasteiger partial charge < -0.3 is 9.88 Å². The molecule has 3 heteroatoms. The van der Waals surface area contributed by atoms with Crippen molar-refractivity contribution in [1.82, 2.24) is 4.98 Å². The molecule has 8 aromatic carbocycles. The van der Waals surface area contributed by atoms with Crippen molar-refractivity contribution in [3.63, 3.8) is 0 Å². The van der Waals surface area contributed by atoms with E-state index in [9.17, 15) is 0 Å². The minimum Gasteiger partial charge on any atom is -0.354 e. The van der Waals surface area contributed by atoms with Crippen LogP contribution in [-0.2, 0) is 0 Å². The van der Waals surface area contributed by atoms with Gasteiger partial charge in [-0.2, -0.15) is 0 Å². The van der Waals surface area contributed by atoms with Crippen LogP contribution < -0.4 is 4.90 Å². The maximum absolute atomic E-state index is 3.83. The molecule has 0 fully saturated rings. The van der Waals surface area contributed by atoms with E-state index in [1.165, 1.54) is 63.6 Å². The number of H-pyrrole nitrogens is 1. The van der Waals surface area contributed by atoms with Crippen LogP contribution in [0.15, 0.2) is 164 Å². The Labute approximate surface area is 275 Å². The Balaban J connectivity index is 1.31. The van der Waals surface area contributed by atoms with E-state index < -0.39 is 0 Å². The quantitative estimate of drug-likeness (QED) is 0.208. The third-order valence-electron chi connectivity index (χ3n) is 9.53. The van der Waals surface area contributed by atoms with Crippen molar-refractivity contribution in [3.8, 4) is 11.1 Å². The van der Waals surface area contributed by atoms with Gasteiger partial charge in [0.25, 0.3) is 0 Å². The SMILES string of the molecule is c1ccc2cc(N(c3ccc4ccccc4c3)c3cc(-c4cccc5sc6ccccc6c45)c4[nH]c5ccccc5c4c3)ccc2c1. The Morgan fingerprint density at radius 2 is 1.02 bits per heavy atom. The lowest BCUT2D eigenvalue weighted by Gasteiger charge is -2.27. The molecule has 0 aliphatic rings. The molecule has 1 N–H and O–H groups in total. The summed E-state index contributed by atoms with van der Waals surface area (Å²) in [5.41, 5.74) is 8.14. The Kier molecular flexibility index (Phi) is 5.78. The maximum atomic E-state index is 3.83. The lowest BCUT2D eigenvalue weighted by molar-refractivity contribution is 1.30. The number of anilines is 3. The summed E-state index contributed by atoms with van der Waals surface area (Å²) in [6.07, 6.45) is 0. The minimum absolute atomic E-state index is 1.12. The average Bonchev–Trinajstić information content (AvgIpc) is 3.70. The van der Waals surface area contributed by atoms with Crippen molar-refractivity contribution in [2.75, 3.05) is 4.90 Å². The lowest BCUT2D eigenvalue weighted by atomic mass is 9.96. The standard InChI is InChI=1S/C44H28N2S/c1-3-12-30-24-32(22-20-28(30)10-1)46(33-23-21-29-11-2-4-13-31(29)25-33)34-26-38-35-14-5-7-17-40(35)45-44(38)39(27-34)36-16-9-19-42-43(36)37-15-6-8-18-41(37)47-42/h1-27,45H. The summed E-state index contributed by atoms with van der Waals surface area (Å²) in [6.45, 7) is 0. The zero-order valence-electron chi connectivity index (χ0n) is 25.4. The predicted molar refractivity (Wildman–Crippen MR) is 204 cm³/mol. The van der Waals surface area contributed by atoms with Gasteiger partial charge in [-0.05, 0) is 81.7 Å². The van der Waals surface area contributed by atoms with Crippen LogP contribution in [0.4, 0.5) is 17.1 Å². The number of para-hydroxylation sites is 1. The normalized spacial score (nSPS) is 11.8. The largest absolute Gasteiger partial charge is 0.354 e. The number of aromatic nitrogens is 1. The highest BCUT2D eigenvalue weighted by Gasteiger charge is 2.21. The van der Waals surface area contributed by atoms with Crippen LogP contribution in [0.2, 0.25) is 0 Å². The van der Waals surface area contributed by atoms with Gasteiger partial charge in [-0.25, -0.2) is 0 Å². The second-order valence-corrected chi connectivity index (χ2v) is 13.3. The first-order valence-corrected chi connectivity index (χ1v) is 16.8. The van der Waals surface area contributed by atoms with E-state index in [1.807, 2.05) is 11.3 Å². The first-order valence-electron chi connectivity index (χ1n) is 16.0. The summed E-state index contributed by atoms with van der Waals surface area (Å²) >= 11 is 1.87. The van der Waals surface area contributed by atoms with Crippen LogP contribution in [0, 0.1) is 0 Å². The van der Waals surface area contributed by atoms with Gasteiger partial charge in [-0.15, -0.1) is 11.3 Å². The molecule has 2 nitrogen and oxygen atoms in total. The Hall–Kier alpha value is -5.90. The van der Waals surface area contributed by atoms with Crippen LogP contribution in [0.1, 0.15) is 0 Å². The first-order chi connectivity index (χ1) is 23.3. The fraction of sp³-hybridized carbons (Fsp3) is 0. The topological polar surface area (TPSA) is 19.0 Å². The molecule has 2 heterocycles. The number of nitrogens with zero attached hydrogens (tertiary/aromatic N) is 1. The maximum Gasteiger partial charge on any atom is 0.0546 e. The van der Waals surface area contributed by atoms with E-state index >= 15 is 0 Å². The number of hydrogen-bond donors (Lipinski definition) is 1. The summed E-state index contributed by atoms with van der Waals surface area (Å²) in [4.78, 5) is 6.26. The highest BCUT2D eigenvalue weighted by Crippen LogP contribution is 2.46. The van der Waals surface area contributed by atoms with Gasteiger partial charge in [0, 0.05) is 59.1 Å². The van der Waals surface area contributed by atoms with Gasteiger partial charge in [0.1, 0.15) is 0 Å². The number of aromatic amines is 1. The molecule has 0 bridgehead atoms. The summed E-state index contributed by atoms with van der Waals surface area (Å²) in [5.74, 6) is 0. The van der Waals surface area contributed by atoms with Crippen LogP contribution in [-0.4, -0.2) is 4.98 Å². The van der Waals surface area contributed by atoms with Gasteiger partial charge in [-0.3, -0.25) is 0 Å². The smallest absolute Gasteiger partial charge is 0.0546 e. The van der Waals surface area contributed by atoms with E-state index in [1.54, 1.807) is 0 Å². The highest BCUT2D eigenvalue weighted by atomic mass is 32.1. The van der Waals surface area contributed by atoms with Gasteiger partial charge in [0.15, 0.2) is 0 Å². The van der Waals surface area contributed by atoms with E-state index in [-0.39, 0.29) is 0 Å². The summed E-state index contributed by atoms with van der Waals surface area (Å²) in [5, 5.41) is 9.97. The lowest BCUT2D eigenvalue weighted by Crippen LogP contribution is -2.10. The molecular weight excluding hydrogens is 589 g/mol. The first kappa shape index (κ1) is 26.3. The second kappa shape index (κ2) is 10.3. The Morgan fingerprint density at radius 1 is 0.404 bits per heavy atom. The third-order valence-corrected chi connectivity index (χ3v) is 10.7. The van der Waals surface area contributed by atoms with Crippen molar-refractivity contribution < 1.29 is 0 Å². The number of rotatable bonds is 4. The average molecular weight is 617 g/mol. The van der Waals surface area contributed by atoms with Gasteiger partial charge in [-0.1, -0.05) is 109 Å². The fourth-order valence-electron chi connectivity index (χ4n) is 7.36. The number of hydrogen-bond acceptors (Lipinski definition) is 2. The molecule has 220 valence electrons. The third kappa shape index (κ3) is 4.17. The zero-order chi connectivity index (χ0) is 30.9. The summed E-state index contributed by atoms with van der Waals surface area (Å²) in [6, 6.07) is 59.8. The van der Waals surface area contributed by atoms with E-state index in [0.717, 1.165) is 28.1 Å². The number of nitrogens with one attached hydrogen (secondary N) is 1. The van der Waals surface area contributed by atoms with Crippen LogP contribution in [0.25, 0.3) is 74.6 Å². The highest BCUT2D eigenvalue weighted by molar-refractivity contribution is 7.25. The van der Waals surface area contributed by atoms with Crippen molar-refractivity contribution in [2.24, 2.45) is 0 Å². The zero-order valence-corrected chi connectivity index (χ0v) is 26.3. The molecule has 0 aliphatic heterocycles. The predicted octanol–water partition coefficient (Wildman–Crippen LogP) is 13.1.